The van der Waals surface area contributed by atoms with Crippen LogP contribution in [0, 0.1) is 12.7 Å². The minimum atomic E-state index is -1.08. The van der Waals surface area contributed by atoms with Crippen molar-refractivity contribution in [2.45, 2.75) is 16.8 Å². The molecule has 4 rings (SSSR count). The quantitative estimate of drug-likeness (QED) is 0.576. The normalized spacial score (nSPS) is 11.2. The highest BCUT2D eigenvalue weighted by molar-refractivity contribution is 7.99. The van der Waals surface area contributed by atoms with Gasteiger partial charge in [0.05, 0.1) is 5.52 Å². The molecule has 0 atom stereocenters. The fourth-order valence-corrected chi connectivity index (χ4v) is 4.02. The fourth-order valence-electron chi connectivity index (χ4n) is 3.00. The molecule has 0 saturated heterocycles. The number of fused-ring (bicyclic) bond motifs is 1. The molecule has 3 heterocycles. The second-order valence-corrected chi connectivity index (χ2v) is 7.06. The summed E-state index contributed by atoms with van der Waals surface area (Å²) in [6.45, 7) is 1.93. The average molecular weight is 382 g/mol. The number of carbonyl (C=O) groups is 1. The Morgan fingerprint density at radius 1 is 1.22 bits per heavy atom. The zero-order valence-electron chi connectivity index (χ0n) is 14.5. The molecule has 0 spiro atoms. The number of carboxylic acid groups (broad SMARTS) is 1. The summed E-state index contributed by atoms with van der Waals surface area (Å²) in [4.78, 5) is 16.2. The number of aryl methyl sites for hydroxylation is 1. The summed E-state index contributed by atoms with van der Waals surface area (Å²) < 4.78 is 17.5. The molecule has 8 heteroatoms. The zero-order valence-corrected chi connectivity index (χ0v) is 15.4. The van der Waals surface area contributed by atoms with Gasteiger partial charge in [0.15, 0.2) is 5.82 Å². The van der Waals surface area contributed by atoms with E-state index in [1.54, 1.807) is 22.9 Å². The van der Waals surface area contributed by atoms with E-state index in [1.807, 2.05) is 30.8 Å². The van der Waals surface area contributed by atoms with Crippen molar-refractivity contribution in [3.05, 3.63) is 65.9 Å². The highest BCUT2D eigenvalue weighted by Gasteiger charge is 2.19. The Morgan fingerprint density at radius 3 is 2.74 bits per heavy atom. The number of rotatable bonds is 4. The standard InChI is InChI=1S/C19H15FN4O2S/c1-11-18(27-17-5-3-4-14(21-17)19(25)26)13-7-6-12(20)10-15(13)24(11)16-8-9-23(2)22-16/h3-10H,1-2H3,(H,25,26). The van der Waals surface area contributed by atoms with Gasteiger partial charge in [-0.25, -0.2) is 14.2 Å². The van der Waals surface area contributed by atoms with Gasteiger partial charge in [-0.1, -0.05) is 17.8 Å². The topological polar surface area (TPSA) is 72.9 Å². The molecule has 1 aromatic carbocycles. The maximum absolute atomic E-state index is 13.9. The van der Waals surface area contributed by atoms with Gasteiger partial charge in [-0.2, -0.15) is 5.10 Å². The van der Waals surface area contributed by atoms with Crippen LogP contribution in [-0.2, 0) is 7.05 Å². The minimum Gasteiger partial charge on any atom is -0.477 e. The first kappa shape index (κ1) is 17.3. The van der Waals surface area contributed by atoms with E-state index in [-0.39, 0.29) is 11.5 Å². The van der Waals surface area contributed by atoms with Crippen molar-refractivity contribution in [1.29, 1.82) is 0 Å². The van der Waals surface area contributed by atoms with Crippen LogP contribution in [0.5, 0.6) is 0 Å². The van der Waals surface area contributed by atoms with Crippen LogP contribution in [0.25, 0.3) is 16.7 Å². The number of hydrogen-bond donors (Lipinski definition) is 1. The van der Waals surface area contributed by atoms with Gasteiger partial charge >= 0.3 is 5.97 Å². The van der Waals surface area contributed by atoms with Gasteiger partial charge < -0.3 is 5.11 Å². The van der Waals surface area contributed by atoms with Gasteiger partial charge in [0, 0.05) is 35.3 Å². The van der Waals surface area contributed by atoms with Crippen LogP contribution >= 0.6 is 11.8 Å². The highest BCUT2D eigenvalue weighted by Crippen LogP contribution is 2.39. The molecule has 0 aliphatic rings. The Balaban J connectivity index is 1.90. The molecule has 0 saturated carbocycles. The largest absolute Gasteiger partial charge is 0.477 e. The molecule has 0 radical (unpaired) electrons. The Labute approximate surface area is 158 Å². The molecule has 0 fully saturated rings. The lowest BCUT2D eigenvalue weighted by molar-refractivity contribution is 0.0689. The van der Waals surface area contributed by atoms with Gasteiger partial charge in [-0.15, -0.1) is 0 Å². The Hall–Kier alpha value is -3.13. The molecule has 6 nitrogen and oxygen atoms in total. The van der Waals surface area contributed by atoms with Crippen LogP contribution in [0.15, 0.2) is 58.6 Å². The third-order valence-electron chi connectivity index (χ3n) is 4.19. The van der Waals surface area contributed by atoms with E-state index >= 15 is 0 Å². The van der Waals surface area contributed by atoms with Crippen LogP contribution in [0.2, 0.25) is 0 Å². The molecule has 4 aromatic rings. The minimum absolute atomic E-state index is 0.0165. The maximum atomic E-state index is 13.9. The number of aromatic carboxylic acids is 1. The van der Waals surface area contributed by atoms with Gasteiger partial charge in [0.2, 0.25) is 0 Å². The number of aromatic nitrogens is 4. The predicted octanol–water partition coefficient (Wildman–Crippen LogP) is 4.06. The van der Waals surface area contributed by atoms with Gasteiger partial charge in [-0.05, 0) is 37.3 Å². The molecule has 0 bridgehead atoms. The van der Waals surface area contributed by atoms with E-state index in [0.717, 1.165) is 16.0 Å². The summed E-state index contributed by atoms with van der Waals surface area (Å²) in [5, 5.41) is 15.0. The first-order valence-corrected chi connectivity index (χ1v) is 8.94. The van der Waals surface area contributed by atoms with Crippen molar-refractivity contribution < 1.29 is 14.3 Å². The van der Waals surface area contributed by atoms with E-state index in [4.69, 9.17) is 5.11 Å². The summed E-state index contributed by atoms with van der Waals surface area (Å²) in [6.07, 6.45) is 1.82. The van der Waals surface area contributed by atoms with E-state index in [0.29, 0.717) is 16.4 Å². The summed E-state index contributed by atoms with van der Waals surface area (Å²) in [5.74, 6) is -0.725. The van der Waals surface area contributed by atoms with Crippen LogP contribution in [0.3, 0.4) is 0 Å². The summed E-state index contributed by atoms with van der Waals surface area (Å²) in [5.41, 5.74) is 1.56. The average Bonchev–Trinajstić information content (AvgIpc) is 3.16. The molecular formula is C19H15FN4O2S. The highest BCUT2D eigenvalue weighted by atomic mass is 32.2. The van der Waals surface area contributed by atoms with Crippen molar-refractivity contribution in [3.8, 4) is 5.82 Å². The van der Waals surface area contributed by atoms with Crippen LogP contribution in [0.1, 0.15) is 16.2 Å². The first-order chi connectivity index (χ1) is 12.9. The maximum Gasteiger partial charge on any atom is 0.354 e. The van der Waals surface area contributed by atoms with E-state index in [2.05, 4.69) is 10.1 Å². The van der Waals surface area contributed by atoms with Gasteiger partial charge in [-0.3, -0.25) is 9.25 Å². The zero-order chi connectivity index (χ0) is 19.1. The lowest BCUT2D eigenvalue weighted by atomic mass is 10.2. The lowest BCUT2D eigenvalue weighted by Gasteiger charge is -2.05. The molecule has 0 amide bonds. The number of benzene rings is 1. The number of halogens is 1. The lowest BCUT2D eigenvalue weighted by Crippen LogP contribution is -2.00. The number of carboxylic acids is 1. The van der Waals surface area contributed by atoms with E-state index in [9.17, 15) is 9.18 Å². The van der Waals surface area contributed by atoms with Gasteiger partial charge in [0.1, 0.15) is 16.5 Å². The molecule has 1 N–H and O–H groups in total. The third-order valence-corrected chi connectivity index (χ3v) is 5.34. The van der Waals surface area contributed by atoms with Crippen molar-refractivity contribution in [1.82, 2.24) is 19.3 Å². The van der Waals surface area contributed by atoms with Crippen molar-refractivity contribution >= 4 is 28.6 Å². The fraction of sp³-hybridized carbons (Fsp3) is 0.105. The summed E-state index contributed by atoms with van der Waals surface area (Å²) >= 11 is 1.35. The SMILES string of the molecule is Cc1c(Sc2cccc(C(=O)O)n2)c2ccc(F)cc2n1-c1ccn(C)n1. The molecule has 0 aliphatic heterocycles. The van der Waals surface area contributed by atoms with E-state index < -0.39 is 5.97 Å². The second kappa shape index (κ2) is 6.55. The first-order valence-electron chi connectivity index (χ1n) is 8.13. The summed E-state index contributed by atoms with van der Waals surface area (Å²) in [7, 11) is 1.82. The monoisotopic (exact) mass is 382 g/mol. The second-order valence-electron chi connectivity index (χ2n) is 6.03. The van der Waals surface area contributed by atoms with Crippen molar-refractivity contribution in [3.63, 3.8) is 0 Å². The van der Waals surface area contributed by atoms with Gasteiger partial charge in [0.25, 0.3) is 0 Å². The van der Waals surface area contributed by atoms with Crippen LogP contribution in [-0.4, -0.2) is 30.4 Å². The molecule has 27 heavy (non-hydrogen) atoms. The Kier molecular flexibility index (Phi) is 4.19. The molecular weight excluding hydrogens is 367 g/mol. The Bertz CT molecular complexity index is 1180. The number of nitrogens with zero attached hydrogens (tertiary/aromatic N) is 4. The molecule has 136 valence electrons. The smallest absolute Gasteiger partial charge is 0.354 e. The number of hydrogen-bond acceptors (Lipinski definition) is 4. The van der Waals surface area contributed by atoms with Crippen LogP contribution in [0.4, 0.5) is 4.39 Å². The van der Waals surface area contributed by atoms with E-state index in [1.165, 1.54) is 30.0 Å². The van der Waals surface area contributed by atoms with Crippen LogP contribution < -0.4 is 0 Å². The molecule has 0 aliphatic carbocycles. The number of pyridine rings is 1. The summed E-state index contributed by atoms with van der Waals surface area (Å²) in [6, 6.07) is 11.3. The molecule has 3 aromatic heterocycles. The Morgan fingerprint density at radius 2 is 2.04 bits per heavy atom. The third kappa shape index (κ3) is 3.08. The predicted molar refractivity (Wildman–Crippen MR) is 100 cm³/mol. The molecule has 0 unspecified atom stereocenters. The van der Waals surface area contributed by atoms with Crippen molar-refractivity contribution in [2.24, 2.45) is 7.05 Å². The van der Waals surface area contributed by atoms with Crippen molar-refractivity contribution in [2.75, 3.05) is 0 Å².